The number of quaternary nitrogens is 1. The number of β-lactam (4-membered cyclic amide) rings is 1. The molecule has 196 valence electrons. The van der Waals surface area contributed by atoms with E-state index in [4.69, 9.17) is 17.3 Å². The molecule has 0 aliphatic carbocycles. The molecule has 0 spiro atoms. The molecule has 2 aromatic heterocycles. The second-order valence-corrected chi connectivity index (χ2v) is 12.5. The Morgan fingerprint density at radius 3 is 2.86 bits per heavy atom. The van der Waals surface area contributed by atoms with Crippen molar-refractivity contribution in [1.82, 2.24) is 20.2 Å². The number of hydrogen-bond acceptors (Lipinski definition) is 13. The third-order valence-corrected chi connectivity index (χ3v) is 10.2. The summed E-state index contributed by atoms with van der Waals surface area (Å²) in [6.45, 7) is 0.805. The Kier molecular flexibility index (Phi) is 8.86. The number of carboxylic acid groups (broad SMARTS) is 1. The van der Waals surface area contributed by atoms with Gasteiger partial charge in [0.25, 0.3) is 11.8 Å². The standard InChI is InChI=1S/C20H20ClN7O5S4/c21-15-11(26-20(23)37-15)12(27-33)16(29)25-13-17(30)28-14(19(31)32)10(7-35-18(13)28)36-8-2-4-24-6-9(8)34-5-1-3-22/h2,4,6,13,18,33H,1,3,5,7,22H2,(H2,23,26)(H,25,29)(H,31,32)/b27-12-/t13-,18-/m1/s1. The summed E-state index contributed by atoms with van der Waals surface area (Å²) in [5.41, 5.74) is 8.55. The van der Waals surface area contributed by atoms with E-state index in [-0.39, 0.29) is 26.6 Å². The number of nitrogen functional groups attached to an aromatic ring is 1. The highest BCUT2D eigenvalue weighted by molar-refractivity contribution is 8.07. The summed E-state index contributed by atoms with van der Waals surface area (Å²) in [5, 5.41) is 26.3. The molecule has 2 aliphatic rings. The van der Waals surface area contributed by atoms with Crippen molar-refractivity contribution in [1.29, 1.82) is 0 Å². The first-order valence-electron chi connectivity index (χ1n) is 10.6. The Morgan fingerprint density at radius 1 is 1.43 bits per heavy atom. The molecule has 2 aromatic rings. The van der Waals surface area contributed by atoms with Crippen LogP contribution in [0.2, 0.25) is 4.34 Å². The number of fused-ring (bicyclic) bond motifs is 1. The lowest BCUT2D eigenvalue weighted by Gasteiger charge is -2.50. The monoisotopic (exact) mass is 601 g/mol. The van der Waals surface area contributed by atoms with Crippen molar-refractivity contribution >= 4 is 86.9 Å². The number of carbonyl (C=O) groups excluding carboxylic acids is 3. The molecule has 1 saturated heterocycles. The SMILES string of the molecule is Nc1nc(/C(=N/O)C(=O)N[C@@H]2C(=O)N3C(C(=O)[O-])=C(Sc4ccncc4SCCC[NH3+])CS[C@H]23)c(Cl)s1. The predicted octanol–water partition coefficient (Wildman–Crippen LogP) is -0.170. The second-order valence-electron chi connectivity index (χ2n) is 7.52. The van der Waals surface area contributed by atoms with E-state index in [1.54, 1.807) is 30.2 Å². The number of oxime groups is 1. The average molecular weight is 602 g/mol. The van der Waals surface area contributed by atoms with Crippen LogP contribution in [0.5, 0.6) is 0 Å². The minimum atomic E-state index is -1.49. The van der Waals surface area contributed by atoms with E-state index in [1.165, 1.54) is 23.5 Å². The molecule has 2 atom stereocenters. The van der Waals surface area contributed by atoms with Crippen LogP contribution in [0.15, 0.2) is 44.0 Å². The maximum Gasteiger partial charge on any atom is 0.276 e. The number of anilines is 1. The van der Waals surface area contributed by atoms with Crippen molar-refractivity contribution in [3.63, 3.8) is 0 Å². The van der Waals surface area contributed by atoms with Crippen molar-refractivity contribution in [2.75, 3.05) is 23.8 Å². The summed E-state index contributed by atoms with van der Waals surface area (Å²) in [4.78, 5) is 49.2. The minimum absolute atomic E-state index is 0.0397. The number of halogens is 1. The zero-order valence-electron chi connectivity index (χ0n) is 18.9. The van der Waals surface area contributed by atoms with Gasteiger partial charge in [0, 0.05) is 45.0 Å². The number of nitrogens with two attached hydrogens (primary N) is 1. The van der Waals surface area contributed by atoms with Gasteiger partial charge in [0.2, 0.25) is 0 Å². The molecule has 7 N–H and O–H groups in total. The molecule has 12 nitrogen and oxygen atoms in total. The van der Waals surface area contributed by atoms with Gasteiger partial charge in [0.1, 0.15) is 21.4 Å². The van der Waals surface area contributed by atoms with Crippen molar-refractivity contribution < 1.29 is 30.4 Å². The molecule has 2 amide bonds. The number of pyridine rings is 1. The highest BCUT2D eigenvalue weighted by Crippen LogP contribution is 2.46. The Morgan fingerprint density at radius 2 is 2.22 bits per heavy atom. The van der Waals surface area contributed by atoms with E-state index in [9.17, 15) is 24.7 Å². The van der Waals surface area contributed by atoms with Gasteiger partial charge in [-0.05, 0) is 6.07 Å². The maximum atomic E-state index is 13.0. The quantitative estimate of drug-likeness (QED) is 0.0703. The van der Waals surface area contributed by atoms with E-state index in [0.717, 1.165) is 44.7 Å². The Labute approximate surface area is 232 Å². The van der Waals surface area contributed by atoms with E-state index in [1.807, 2.05) is 0 Å². The second kappa shape index (κ2) is 11.9. The molecular weight excluding hydrogens is 582 g/mol. The molecule has 0 unspecified atom stereocenters. The summed E-state index contributed by atoms with van der Waals surface area (Å²) < 4.78 is 0.0397. The van der Waals surface area contributed by atoms with E-state index in [0.29, 0.717) is 4.91 Å². The Bertz CT molecular complexity index is 1300. The van der Waals surface area contributed by atoms with Crippen LogP contribution >= 0.6 is 58.2 Å². The third kappa shape index (κ3) is 5.68. The highest BCUT2D eigenvalue weighted by Gasteiger charge is 2.53. The van der Waals surface area contributed by atoms with E-state index in [2.05, 4.69) is 26.2 Å². The lowest BCUT2D eigenvalue weighted by Crippen LogP contribution is -2.71. The van der Waals surface area contributed by atoms with Crippen LogP contribution in [0.4, 0.5) is 5.13 Å². The van der Waals surface area contributed by atoms with Gasteiger partial charge in [0.05, 0.1) is 18.2 Å². The number of hydrogen-bond donors (Lipinski definition) is 4. The number of thiazole rings is 1. The summed E-state index contributed by atoms with van der Waals surface area (Å²) >= 11 is 11.0. The highest BCUT2D eigenvalue weighted by atomic mass is 35.5. The number of carboxylic acids is 1. The molecule has 0 bridgehead atoms. The van der Waals surface area contributed by atoms with Crippen molar-refractivity contribution in [3.05, 3.63) is 39.1 Å². The van der Waals surface area contributed by atoms with Gasteiger partial charge in [-0.1, -0.05) is 39.9 Å². The van der Waals surface area contributed by atoms with Gasteiger partial charge in [0.15, 0.2) is 10.8 Å². The van der Waals surface area contributed by atoms with Gasteiger partial charge in [-0.3, -0.25) is 19.5 Å². The molecule has 2 aliphatic heterocycles. The average Bonchev–Trinajstić information content (AvgIpc) is 3.20. The van der Waals surface area contributed by atoms with E-state index >= 15 is 0 Å². The zero-order chi connectivity index (χ0) is 26.7. The molecule has 0 aromatic carbocycles. The van der Waals surface area contributed by atoms with Crippen LogP contribution in [-0.4, -0.2) is 73.0 Å². The fraction of sp³-hybridized carbons (Fsp3) is 0.300. The van der Waals surface area contributed by atoms with Crippen LogP contribution in [0, 0.1) is 0 Å². The Balaban J connectivity index is 1.52. The summed E-state index contributed by atoms with van der Waals surface area (Å²) in [5.74, 6) is -1.92. The third-order valence-electron chi connectivity index (χ3n) is 5.19. The van der Waals surface area contributed by atoms with Crippen LogP contribution < -0.4 is 21.9 Å². The predicted molar refractivity (Wildman–Crippen MR) is 140 cm³/mol. The smallest absolute Gasteiger partial charge is 0.276 e. The van der Waals surface area contributed by atoms with Crippen molar-refractivity contribution in [3.8, 4) is 0 Å². The number of nitrogens with one attached hydrogen (secondary N) is 1. The molecular formula is C20H20ClN7O5S4. The minimum Gasteiger partial charge on any atom is -0.543 e. The number of amides is 2. The van der Waals surface area contributed by atoms with Crippen LogP contribution in [0.1, 0.15) is 12.1 Å². The Hall–Kier alpha value is -2.50. The first kappa shape index (κ1) is 27.5. The lowest BCUT2D eigenvalue weighted by molar-refractivity contribution is -0.367. The number of carbonyl (C=O) groups is 3. The number of aliphatic carboxylic acids is 1. The molecule has 4 rings (SSSR count). The van der Waals surface area contributed by atoms with Crippen molar-refractivity contribution in [2.45, 2.75) is 27.6 Å². The number of rotatable bonds is 10. The summed E-state index contributed by atoms with van der Waals surface area (Å²) in [7, 11) is 0. The van der Waals surface area contributed by atoms with Crippen LogP contribution in [-0.2, 0) is 14.4 Å². The van der Waals surface area contributed by atoms with Gasteiger partial charge in [-0.25, -0.2) is 4.98 Å². The normalized spacial score (nSPS) is 19.5. The largest absolute Gasteiger partial charge is 0.543 e. The first-order chi connectivity index (χ1) is 17.8. The fourth-order valence-electron chi connectivity index (χ4n) is 3.51. The summed E-state index contributed by atoms with van der Waals surface area (Å²) in [6, 6.07) is 0.737. The molecule has 1 fully saturated rings. The van der Waals surface area contributed by atoms with Crippen molar-refractivity contribution in [2.24, 2.45) is 5.16 Å². The number of aromatic nitrogens is 2. The van der Waals surface area contributed by atoms with Gasteiger partial charge < -0.3 is 31.9 Å². The van der Waals surface area contributed by atoms with Gasteiger partial charge in [-0.2, -0.15) is 0 Å². The lowest BCUT2D eigenvalue weighted by atomic mass is 10.0. The van der Waals surface area contributed by atoms with Crippen LogP contribution in [0.3, 0.4) is 0 Å². The number of thioether (sulfide) groups is 3. The van der Waals surface area contributed by atoms with E-state index < -0.39 is 34.9 Å². The molecule has 0 radical (unpaired) electrons. The zero-order valence-corrected chi connectivity index (χ0v) is 22.9. The van der Waals surface area contributed by atoms with Gasteiger partial charge in [-0.15, -0.1) is 23.5 Å². The molecule has 17 heteroatoms. The summed E-state index contributed by atoms with van der Waals surface area (Å²) in [6.07, 6.45) is 4.26. The van der Waals surface area contributed by atoms with Crippen LogP contribution in [0.25, 0.3) is 0 Å². The maximum absolute atomic E-state index is 13.0. The molecule has 4 heterocycles. The molecule has 0 saturated carbocycles. The van der Waals surface area contributed by atoms with Gasteiger partial charge >= 0.3 is 0 Å². The topological polar surface area (TPSA) is 202 Å². The number of nitrogens with zero attached hydrogens (tertiary/aromatic N) is 4. The first-order valence-corrected chi connectivity index (χ1v) is 14.7. The fourth-order valence-corrected chi connectivity index (χ4v) is 8.11. The molecule has 37 heavy (non-hydrogen) atoms.